The van der Waals surface area contributed by atoms with Gasteiger partial charge in [-0.3, -0.25) is 5.32 Å². The minimum atomic E-state index is -0.598. The summed E-state index contributed by atoms with van der Waals surface area (Å²) < 4.78 is 5.28. The van der Waals surface area contributed by atoms with Crippen molar-refractivity contribution in [2.75, 3.05) is 17.5 Å². The van der Waals surface area contributed by atoms with Crippen molar-refractivity contribution in [1.82, 2.24) is 9.97 Å². The molecule has 1 aliphatic rings. The predicted octanol–water partition coefficient (Wildman–Crippen LogP) is 3.78. The molecule has 9 heteroatoms. The first-order valence-corrected chi connectivity index (χ1v) is 8.35. The van der Waals surface area contributed by atoms with Gasteiger partial charge in [0.2, 0.25) is 5.95 Å². The Hall–Kier alpha value is -2.36. The third-order valence-corrected chi connectivity index (χ3v) is 4.92. The summed E-state index contributed by atoms with van der Waals surface area (Å²) in [5.41, 5.74) is 5.77. The smallest absolute Gasteiger partial charge is 0.394 e. The fraction of sp³-hybridized carbons (Fsp3) is 0.0667. The molecule has 1 unspecified atom stereocenters. The van der Waals surface area contributed by atoms with E-state index < -0.39 is 6.09 Å². The van der Waals surface area contributed by atoms with Gasteiger partial charge >= 0.3 is 6.09 Å². The van der Waals surface area contributed by atoms with Crippen LogP contribution in [0.25, 0.3) is 11.0 Å². The van der Waals surface area contributed by atoms with Gasteiger partial charge in [0.15, 0.2) is 11.9 Å². The van der Waals surface area contributed by atoms with Gasteiger partial charge in [-0.25, -0.2) is 15.2 Å². The number of aromatic amines is 1. The zero-order chi connectivity index (χ0) is 16.6. The monoisotopic (exact) mass is 360 g/mol. The second-order valence-corrected chi connectivity index (χ2v) is 7.39. The van der Waals surface area contributed by atoms with Crippen molar-refractivity contribution in [2.24, 2.45) is 0 Å². The minimum absolute atomic E-state index is 0.0207. The fourth-order valence-corrected chi connectivity index (χ4v) is 3.72. The number of amides is 1. The normalized spacial score (nSPS) is 18.9. The molecule has 3 aromatic rings. The second kappa shape index (κ2) is 5.93. The molecule has 0 radical (unpaired) electrons. The number of rotatable bonds is 3. The van der Waals surface area contributed by atoms with Crippen LogP contribution >= 0.6 is 24.8 Å². The Morgan fingerprint density at radius 3 is 2.88 bits per heavy atom. The van der Waals surface area contributed by atoms with Gasteiger partial charge in [0.25, 0.3) is 6.73 Å². The molecule has 0 saturated heterocycles. The number of anilines is 2. The molecule has 7 nitrogen and oxygen atoms in total. The summed E-state index contributed by atoms with van der Waals surface area (Å²) >= 11 is 5.98. The molecule has 0 bridgehead atoms. The first-order valence-electron chi connectivity index (χ1n) is 7.18. The van der Waals surface area contributed by atoms with E-state index >= 15 is 0 Å². The van der Waals surface area contributed by atoms with Crippen molar-refractivity contribution in [1.29, 1.82) is 0 Å². The number of nitrogens with zero attached hydrogens (tertiary/aromatic N) is 2. The van der Waals surface area contributed by atoms with Gasteiger partial charge in [0, 0.05) is 0 Å². The lowest BCUT2D eigenvalue weighted by Crippen LogP contribution is -2.37. The van der Waals surface area contributed by atoms with Crippen LogP contribution in [0.4, 0.5) is 16.4 Å². The largest absolute Gasteiger partial charge is 0.418 e. The number of hydrogen-bond acceptors (Lipinski definition) is 6. The van der Waals surface area contributed by atoms with Crippen LogP contribution in [0.2, 0.25) is 0 Å². The number of H-pyrrole nitrogens is 1. The second-order valence-electron chi connectivity index (χ2n) is 5.19. The van der Waals surface area contributed by atoms with Crippen LogP contribution in [-0.2, 0) is 4.74 Å². The quantitative estimate of drug-likeness (QED) is 0.325. The highest BCUT2D eigenvalue weighted by Gasteiger charge is 2.37. The Morgan fingerprint density at radius 2 is 2.04 bits per heavy atom. The third-order valence-electron chi connectivity index (χ3n) is 3.41. The number of carbonyl (C=O) groups is 1. The van der Waals surface area contributed by atoms with E-state index in [1.165, 1.54) is 11.9 Å². The molecule has 1 aliphatic heterocycles. The summed E-state index contributed by atoms with van der Waals surface area (Å²) in [5.74, 6) is 0.345. The highest BCUT2D eigenvalue weighted by molar-refractivity contribution is 8.00. The van der Waals surface area contributed by atoms with Crippen LogP contribution in [0.15, 0.2) is 53.4 Å². The number of hydrogen-bond donors (Lipinski definition) is 4. The summed E-state index contributed by atoms with van der Waals surface area (Å²) in [6.07, 6.45) is -0.598. The van der Waals surface area contributed by atoms with E-state index in [9.17, 15) is 4.79 Å². The maximum absolute atomic E-state index is 12.0. The molecule has 0 aliphatic carbocycles. The molecule has 2 aromatic carbocycles. The Labute approximate surface area is 147 Å². The summed E-state index contributed by atoms with van der Waals surface area (Å²) in [4.78, 5) is 20.3. The topological polar surface area (TPSA) is 79.0 Å². The highest BCUT2D eigenvalue weighted by Crippen LogP contribution is 2.44. The minimum Gasteiger partial charge on any atom is -0.394 e. The number of ether oxygens (including phenoxy) is 1. The summed E-state index contributed by atoms with van der Waals surface area (Å²) in [6.45, 7) is 0.0362. The van der Waals surface area contributed by atoms with E-state index in [0.717, 1.165) is 21.6 Å². The molecular weight excluding hydrogens is 346 g/mol. The number of aromatic nitrogens is 2. The van der Waals surface area contributed by atoms with Gasteiger partial charge in [-0.05, 0) is 24.3 Å². The molecule has 0 saturated carbocycles. The molecular formula is C15H14N5O2S2+. The van der Waals surface area contributed by atoms with Crippen LogP contribution in [0.5, 0.6) is 0 Å². The van der Waals surface area contributed by atoms with Gasteiger partial charge in [0.05, 0.1) is 15.9 Å². The number of quaternary nitrogens is 1. The van der Waals surface area contributed by atoms with Gasteiger partial charge in [0.1, 0.15) is 18.5 Å². The molecule has 0 fully saturated rings. The summed E-state index contributed by atoms with van der Waals surface area (Å²) in [5, 5.41) is 2.58. The number of imidazole rings is 1. The van der Waals surface area contributed by atoms with Gasteiger partial charge in [-0.1, -0.05) is 27.7 Å². The van der Waals surface area contributed by atoms with E-state index in [4.69, 9.17) is 4.74 Å². The standard InChI is InChI=1S/C15H13N5O2S2/c21-15(18-14-16-10-5-1-2-6-11(10)17-14)22-9-20(23)19-12-7-3-4-8-13(12)24-20/h1-8,19,23H,9H2,(H-,16,17,18,21)/p+1. The Kier molecular flexibility index (Phi) is 3.75. The van der Waals surface area contributed by atoms with Crippen molar-refractivity contribution >= 4 is 53.5 Å². The average molecular weight is 360 g/mol. The van der Waals surface area contributed by atoms with Gasteiger partial charge < -0.3 is 9.72 Å². The maximum Gasteiger partial charge on any atom is 0.418 e. The number of benzene rings is 2. The van der Waals surface area contributed by atoms with Crippen molar-refractivity contribution in [3.8, 4) is 0 Å². The SMILES string of the molecule is O=C(Nc1nc2ccccc2[nH]1)OC[N+]1(S)Nc2ccccc2S1. The number of thiol groups is 1. The Bertz CT molecular complexity index is 856. The zero-order valence-corrected chi connectivity index (χ0v) is 14.1. The van der Waals surface area contributed by atoms with Crippen LogP contribution in [0.1, 0.15) is 0 Å². The van der Waals surface area contributed by atoms with E-state index in [1.807, 2.05) is 48.5 Å². The van der Waals surface area contributed by atoms with E-state index in [1.54, 1.807) is 0 Å². The Balaban J connectivity index is 1.37. The van der Waals surface area contributed by atoms with E-state index in [2.05, 4.69) is 33.5 Å². The first-order chi connectivity index (χ1) is 11.6. The van der Waals surface area contributed by atoms with Gasteiger partial charge in [-0.2, -0.15) is 0 Å². The third kappa shape index (κ3) is 3.01. The molecule has 24 heavy (non-hydrogen) atoms. The predicted molar refractivity (Wildman–Crippen MR) is 96.2 cm³/mol. The molecule has 1 atom stereocenters. The van der Waals surface area contributed by atoms with Crippen LogP contribution in [0, 0.1) is 0 Å². The van der Waals surface area contributed by atoms with Crippen molar-refractivity contribution in [3.63, 3.8) is 0 Å². The molecule has 2 heterocycles. The van der Waals surface area contributed by atoms with Crippen molar-refractivity contribution in [2.45, 2.75) is 4.90 Å². The summed E-state index contributed by atoms with van der Waals surface area (Å²) in [6, 6.07) is 15.3. The lowest BCUT2D eigenvalue weighted by Gasteiger charge is -2.21. The molecule has 122 valence electrons. The molecule has 0 spiro atoms. The van der Waals surface area contributed by atoms with Crippen LogP contribution in [0.3, 0.4) is 0 Å². The lowest BCUT2D eigenvalue weighted by molar-refractivity contribution is -0.641. The Morgan fingerprint density at radius 1 is 1.25 bits per heavy atom. The molecule has 1 amide bonds. The van der Waals surface area contributed by atoms with E-state index in [0.29, 0.717) is 5.95 Å². The molecule has 4 rings (SSSR count). The molecule has 3 N–H and O–H groups in total. The van der Waals surface area contributed by atoms with Crippen LogP contribution < -0.4 is 10.7 Å². The average Bonchev–Trinajstić information content (AvgIpc) is 3.12. The first kappa shape index (κ1) is 15.2. The zero-order valence-electron chi connectivity index (χ0n) is 12.4. The van der Waals surface area contributed by atoms with Crippen molar-refractivity contribution in [3.05, 3.63) is 48.5 Å². The maximum atomic E-state index is 12.0. The summed E-state index contributed by atoms with van der Waals surface area (Å²) in [7, 11) is 0. The van der Waals surface area contributed by atoms with E-state index in [-0.39, 0.29) is 10.1 Å². The number of para-hydroxylation sites is 3. The van der Waals surface area contributed by atoms with Crippen molar-refractivity contribution < 1.29 is 12.9 Å². The molecule has 1 aromatic heterocycles. The highest BCUT2D eigenvalue weighted by atomic mass is 32.2. The number of nitrogens with one attached hydrogen (secondary N) is 3. The fourth-order valence-electron chi connectivity index (χ4n) is 2.36. The van der Waals surface area contributed by atoms with Crippen LogP contribution in [-0.4, -0.2) is 26.2 Å². The van der Waals surface area contributed by atoms with Gasteiger partial charge in [-0.15, -0.1) is 0 Å². The number of fused-ring (bicyclic) bond motifs is 2. The lowest BCUT2D eigenvalue weighted by atomic mass is 10.3. The number of carbonyl (C=O) groups excluding carboxylic acids is 1.